The van der Waals surface area contributed by atoms with Crippen LogP contribution in [0.25, 0.3) is 0 Å². The highest BCUT2D eigenvalue weighted by Gasteiger charge is 2.14. The van der Waals surface area contributed by atoms with Crippen molar-refractivity contribution >= 4 is 5.91 Å². The molecule has 0 saturated heterocycles. The van der Waals surface area contributed by atoms with Gasteiger partial charge in [0.05, 0.1) is 13.1 Å². The van der Waals surface area contributed by atoms with Crippen LogP contribution in [-0.4, -0.2) is 28.6 Å². The Hall–Kier alpha value is -1.43. The number of rotatable bonds is 5. The Labute approximate surface area is 113 Å². The Morgan fingerprint density at radius 3 is 2.68 bits per heavy atom. The standard InChI is InChI=1S/C13H22N4O2/c1-10-15-12(17-19-10)8-14-9-13(18)16-11-6-4-2-3-5-7-11/h11,14H,2-9H2,1H3,(H,16,18). The summed E-state index contributed by atoms with van der Waals surface area (Å²) >= 11 is 0. The number of carbonyl (C=O) groups is 1. The summed E-state index contributed by atoms with van der Waals surface area (Å²) in [6.45, 7) is 2.49. The molecule has 2 N–H and O–H groups in total. The maximum Gasteiger partial charge on any atom is 0.234 e. The lowest BCUT2D eigenvalue weighted by Crippen LogP contribution is -2.40. The van der Waals surface area contributed by atoms with E-state index in [1.54, 1.807) is 6.92 Å². The molecule has 0 aromatic carbocycles. The molecule has 1 aromatic rings. The highest BCUT2D eigenvalue weighted by atomic mass is 16.5. The average molecular weight is 266 g/mol. The molecule has 0 aliphatic heterocycles. The smallest absolute Gasteiger partial charge is 0.234 e. The van der Waals surface area contributed by atoms with Gasteiger partial charge in [0.25, 0.3) is 0 Å². The summed E-state index contributed by atoms with van der Waals surface area (Å²) < 4.78 is 4.86. The summed E-state index contributed by atoms with van der Waals surface area (Å²) in [5, 5.41) is 9.87. The van der Waals surface area contributed by atoms with Gasteiger partial charge in [-0.2, -0.15) is 4.98 Å². The number of hydrogen-bond donors (Lipinski definition) is 2. The first-order chi connectivity index (χ1) is 9.24. The van der Waals surface area contributed by atoms with Crippen molar-refractivity contribution < 1.29 is 9.32 Å². The number of carbonyl (C=O) groups excluding carboxylic acids is 1. The summed E-state index contributed by atoms with van der Waals surface area (Å²) in [4.78, 5) is 15.8. The third-order valence-electron chi connectivity index (χ3n) is 3.36. The summed E-state index contributed by atoms with van der Waals surface area (Å²) in [7, 11) is 0. The van der Waals surface area contributed by atoms with E-state index in [0.717, 1.165) is 12.8 Å². The molecule has 19 heavy (non-hydrogen) atoms. The second-order valence-corrected chi connectivity index (χ2v) is 5.09. The molecule has 106 valence electrons. The average Bonchev–Trinajstić information content (AvgIpc) is 2.63. The van der Waals surface area contributed by atoms with E-state index in [9.17, 15) is 4.79 Å². The van der Waals surface area contributed by atoms with E-state index in [2.05, 4.69) is 20.8 Å². The maximum absolute atomic E-state index is 11.8. The molecule has 1 amide bonds. The quantitative estimate of drug-likeness (QED) is 0.785. The zero-order valence-electron chi connectivity index (χ0n) is 11.4. The molecule has 1 saturated carbocycles. The Bertz CT molecular complexity index is 397. The van der Waals surface area contributed by atoms with Crippen LogP contribution in [0.5, 0.6) is 0 Å². The number of nitrogens with zero attached hydrogens (tertiary/aromatic N) is 2. The molecule has 0 spiro atoms. The van der Waals surface area contributed by atoms with Gasteiger partial charge in [0.15, 0.2) is 5.82 Å². The Morgan fingerprint density at radius 2 is 2.05 bits per heavy atom. The molecule has 0 unspecified atom stereocenters. The van der Waals surface area contributed by atoms with Gasteiger partial charge >= 0.3 is 0 Å². The van der Waals surface area contributed by atoms with Crippen LogP contribution in [0.1, 0.15) is 50.2 Å². The van der Waals surface area contributed by atoms with Crippen LogP contribution >= 0.6 is 0 Å². The van der Waals surface area contributed by atoms with Crippen LogP contribution in [0.15, 0.2) is 4.52 Å². The summed E-state index contributed by atoms with van der Waals surface area (Å²) in [6, 6.07) is 0.351. The number of amides is 1. The van der Waals surface area contributed by atoms with Crippen LogP contribution in [0.3, 0.4) is 0 Å². The molecule has 0 radical (unpaired) electrons. The van der Waals surface area contributed by atoms with Gasteiger partial charge in [-0.05, 0) is 12.8 Å². The largest absolute Gasteiger partial charge is 0.352 e. The predicted molar refractivity (Wildman–Crippen MR) is 70.4 cm³/mol. The van der Waals surface area contributed by atoms with E-state index < -0.39 is 0 Å². The van der Waals surface area contributed by atoms with Crippen LogP contribution in [0, 0.1) is 6.92 Å². The van der Waals surface area contributed by atoms with Gasteiger partial charge < -0.3 is 15.2 Å². The molecule has 0 atom stereocenters. The minimum absolute atomic E-state index is 0.0483. The SMILES string of the molecule is Cc1nc(CNCC(=O)NC2CCCCCC2)no1. The van der Waals surface area contributed by atoms with E-state index in [0.29, 0.717) is 30.8 Å². The molecule has 1 fully saturated rings. The van der Waals surface area contributed by atoms with Crippen molar-refractivity contribution in [3.63, 3.8) is 0 Å². The van der Waals surface area contributed by atoms with E-state index in [1.165, 1.54) is 25.7 Å². The molecule has 0 bridgehead atoms. The summed E-state index contributed by atoms with van der Waals surface area (Å²) in [6.07, 6.45) is 7.25. The predicted octanol–water partition coefficient (Wildman–Crippen LogP) is 1.31. The fourth-order valence-electron chi connectivity index (χ4n) is 2.40. The third-order valence-corrected chi connectivity index (χ3v) is 3.36. The number of hydrogen-bond acceptors (Lipinski definition) is 5. The first kappa shape index (κ1) is 14.0. The molecule has 1 heterocycles. The molecule has 6 nitrogen and oxygen atoms in total. The Morgan fingerprint density at radius 1 is 1.32 bits per heavy atom. The van der Waals surface area contributed by atoms with Crippen molar-refractivity contribution in [2.45, 2.75) is 58.0 Å². The number of aromatic nitrogens is 2. The van der Waals surface area contributed by atoms with E-state index in [-0.39, 0.29) is 5.91 Å². The molecular formula is C13H22N4O2. The van der Waals surface area contributed by atoms with Gasteiger partial charge in [-0.1, -0.05) is 30.8 Å². The van der Waals surface area contributed by atoms with Gasteiger partial charge in [-0.25, -0.2) is 0 Å². The van der Waals surface area contributed by atoms with Crippen molar-refractivity contribution in [1.29, 1.82) is 0 Å². The molecule has 1 aromatic heterocycles. The van der Waals surface area contributed by atoms with Crippen molar-refractivity contribution in [3.05, 3.63) is 11.7 Å². The zero-order chi connectivity index (χ0) is 13.5. The topological polar surface area (TPSA) is 80.0 Å². The first-order valence-electron chi connectivity index (χ1n) is 7.03. The van der Waals surface area contributed by atoms with Gasteiger partial charge in [0.2, 0.25) is 11.8 Å². The normalized spacial score (nSPS) is 17.1. The van der Waals surface area contributed by atoms with Gasteiger partial charge in [-0.3, -0.25) is 4.79 Å². The maximum atomic E-state index is 11.8. The molecule has 2 rings (SSSR count). The zero-order valence-corrected chi connectivity index (χ0v) is 11.4. The van der Waals surface area contributed by atoms with Crippen molar-refractivity contribution in [1.82, 2.24) is 20.8 Å². The van der Waals surface area contributed by atoms with Crippen molar-refractivity contribution in [3.8, 4) is 0 Å². The van der Waals surface area contributed by atoms with E-state index in [4.69, 9.17) is 4.52 Å². The fourth-order valence-corrected chi connectivity index (χ4v) is 2.40. The molecule has 6 heteroatoms. The lowest BCUT2D eigenvalue weighted by atomic mass is 10.1. The van der Waals surface area contributed by atoms with Crippen LogP contribution in [0.4, 0.5) is 0 Å². The second-order valence-electron chi connectivity index (χ2n) is 5.09. The Kier molecular flexibility index (Phi) is 5.32. The molecular weight excluding hydrogens is 244 g/mol. The molecule has 1 aliphatic carbocycles. The fraction of sp³-hybridized carbons (Fsp3) is 0.769. The highest BCUT2D eigenvalue weighted by Crippen LogP contribution is 2.16. The molecule has 1 aliphatic rings. The van der Waals surface area contributed by atoms with Crippen LogP contribution < -0.4 is 10.6 Å². The number of nitrogens with one attached hydrogen (secondary N) is 2. The summed E-state index contributed by atoms with van der Waals surface area (Å²) in [5.41, 5.74) is 0. The minimum Gasteiger partial charge on any atom is -0.352 e. The number of aryl methyl sites for hydroxylation is 1. The highest BCUT2D eigenvalue weighted by molar-refractivity contribution is 5.78. The van der Waals surface area contributed by atoms with Crippen LogP contribution in [-0.2, 0) is 11.3 Å². The van der Waals surface area contributed by atoms with Crippen molar-refractivity contribution in [2.75, 3.05) is 6.54 Å². The van der Waals surface area contributed by atoms with E-state index in [1.807, 2.05) is 0 Å². The van der Waals surface area contributed by atoms with Gasteiger partial charge in [-0.15, -0.1) is 0 Å². The lowest BCUT2D eigenvalue weighted by Gasteiger charge is -2.16. The van der Waals surface area contributed by atoms with Crippen LogP contribution in [0.2, 0.25) is 0 Å². The Balaban J connectivity index is 1.63. The lowest BCUT2D eigenvalue weighted by molar-refractivity contribution is -0.121. The monoisotopic (exact) mass is 266 g/mol. The van der Waals surface area contributed by atoms with Crippen molar-refractivity contribution in [2.24, 2.45) is 0 Å². The minimum atomic E-state index is 0.0483. The first-order valence-corrected chi connectivity index (χ1v) is 7.03. The van der Waals surface area contributed by atoms with E-state index >= 15 is 0 Å². The second kappa shape index (κ2) is 7.23. The van der Waals surface area contributed by atoms with Gasteiger partial charge in [0, 0.05) is 13.0 Å². The summed E-state index contributed by atoms with van der Waals surface area (Å²) in [5.74, 6) is 1.17. The third kappa shape index (κ3) is 4.98. The van der Waals surface area contributed by atoms with Gasteiger partial charge in [0.1, 0.15) is 0 Å².